The lowest BCUT2D eigenvalue weighted by Crippen LogP contribution is -2.55. The molecule has 2 rings (SSSR count). The van der Waals surface area contributed by atoms with E-state index in [4.69, 9.17) is 5.53 Å². The Kier molecular flexibility index (Phi) is 26.2. The maximum atomic E-state index is 13.5. The largest absolute Gasteiger partial charge is 0.442 e. The summed E-state index contributed by atoms with van der Waals surface area (Å²) in [7, 11) is -3.42. The van der Waals surface area contributed by atoms with Gasteiger partial charge in [0.1, 0.15) is 18.1 Å². The van der Waals surface area contributed by atoms with Crippen molar-refractivity contribution >= 4 is 45.3 Å². The lowest BCUT2D eigenvalue weighted by Gasteiger charge is -2.27. The number of halogens is 3. The molecule has 6 amide bonds. The minimum absolute atomic E-state index is 0.0464. The second kappa shape index (κ2) is 30.2. The van der Waals surface area contributed by atoms with Gasteiger partial charge in [0, 0.05) is 66.2 Å². The third-order valence-electron chi connectivity index (χ3n) is 11.0. The topological polar surface area (TPSA) is 282 Å². The Bertz CT molecular complexity index is 2090. The number of carbonyl (C=O) groups excluding carboxylic acids is 6. The van der Waals surface area contributed by atoms with Gasteiger partial charge in [-0.25, -0.2) is 8.42 Å². The fraction of sp³-hybridized carbons (Fsp3) is 0.702. The van der Waals surface area contributed by atoms with Crippen LogP contribution in [0.2, 0.25) is 0 Å². The van der Waals surface area contributed by atoms with Crippen LogP contribution in [0.15, 0.2) is 51.1 Å². The zero-order valence-corrected chi connectivity index (χ0v) is 42.4. The van der Waals surface area contributed by atoms with E-state index in [9.17, 15) is 50.4 Å². The predicted molar refractivity (Wildman–Crippen MR) is 259 cm³/mol. The number of amides is 6. The fourth-order valence-corrected chi connectivity index (χ4v) is 7.82. The number of nitrogens with one attached hydrogen (secondary N) is 6. The van der Waals surface area contributed by atoms with Crippen LogP contribution < -0.4 is 31.9 Å². The van der Waals surface area contributed by atoms with Crippen molar-refractivity contribution in [1.82, 2.24) is 31.9 Å². The highest BCUT2D eigenvalue weighted by Gasteiger charge is 2.65. The molecule has 392 valence electrons. The van der Waals surface area contributed by atoms with Gasteiger partial charge < -0.3 is 31.9 Å². The normalized spacial score (nSPS) is 14.9. The number of hydrogen-bond acceptors (Lipinski definition) is 11. The van der Waals surface area contributed by atoms with Crippen LogP contribution in [0.4, 0.5) is 13.2 Å². The molecule has 6 N–H and O–H groups in total. The van der Waals surface area contributed by atoms with Crippen molar-refractivity contribution in [3.63, 3.8) is 0 Å². The molecule has 19 nitrogen and oxygen atoms in total. The molecule has 0 bridgehead atoms. The molecule has 1 aromatic rings. The lowest BCUT2D eigenvalue weighted by atomic mass is 9.99. The first-order valence-electron chi connectivity index (χ1n) is 24.1. The number of unbranched alkanes of at least 4 members (excludes halogenated alkanes) is 5. The maximum absolute atomic E-state index is 13.5. The Morgan fingerprint density at radius 2 is 1.20 bits per heavy atom. The van der Waals surface area contributed by atoms with Gasteiger partial charge in [0.05, 0.1) is 0 Å². The molecule has 23 heteroatoms. The molecule has 1 aliphatic heterocycles. The highest BCUT2D eigenvalue weighted by Crippen LogP contribution is 2.52. The Morgan fingerprint density at radius 3 is 1.73 bits per heavy atom. The maximum Gasteiger partial charge on any atom is 0.442 e. The molecule has 0 aromatic heterocycles. The fourth-order valence-electron chi connectivity index (χ4n) is 7.35. The van der Waals surface area contributed by atoms with E-state index in [1.54, 1.807) is 0 Å². The van der Waals surface area contributed by atoms with E-state index in [-0.39, 0.29) is 60.1 Å². The third kappa shape index (κ3) is 23.8. The van der Waals surface area contributed by atoms with E-state index in [0.717, 1.165) is 23.8 Å². The number of rotatable bonds is 34. The second-order valence-corrected chi connectivity index (χ2v) is 21.0. The van der Waals surface area contributed by atoms with Gasteiger partial charge in [0.15, 0.2) is 9.84 Å². The van der Waals surface area contributed by atoms with E-state index >= 15 is 0 Å². The second-order valence-electron chi connectivity index (χ2n) is 19.0. The van der Waals surface area contributed by atoms with E-state index in [0.29, 0.717) is 90.1 Å². The van der Waals surface area contributed by atoms with Crippen LogP contribution in [-0.2, 0) is 39.5 Å². The van der Waals surface area contributed by atoms with Crippen LogP contribution in [0.3, 0.4) is 0 Å². The van der Waals surface area contributed by atoms with Crippen LogP contribution >= 0.6 is 0 Å². The van der Waals surface area contributed by atoms with Crippen LogP contribution in [-0.4, -0.2) is 100 Å². The SMILES string of the molecule is CC(C)C[C@@H](/C=C\S(C)(=O)=O)NC(=O)[C@H](CC(C)C)NC(=O)[C@H](CC(C)C)NC(=O)CCCCCNC(=O)CCCCCNC(=O)[C@H](CCCCNC(=O)c1ccc(C2(C(F)(F)F)N=N2)cc1)N=[N+]=[N-]. The third-order valence-corrected chi connectivity index (χ3v) is 11.7. The van der Waals surface area contributed by atoms with Gasteiger partial charge in [0.2, 0.25) is 29.5 Å². The number of benzene rings is 1. The Labute approximate surface area is 410 Å². The summed E-state index contributed by atoms with van der Waals surface area (Å²) in [5, 5.41) is 27.8. The molecule has 0 saturated carbocycles. The first-order chi connectivity index (χ1) is 32.9. The smallest absolute Gasteiger partial charge is 0.356 e. The molecule has 0 spiro atoms. The summed E-state index contributed by atoms with van der Waals surface area (Å²) in [4.78, 5) is 80.2. The van der Waals surface area contributed by atoms with E-state index in [1.165, 1.54) is 18.2 Å². The van der Waals surface area contributed by atoms with Crippen molar-refractivity contribution in [3.8, 4) is 0 Å². The zero-order chi connectivity index (χ0) is 52.5. The number of carbonyl (C=O) groups is 6. The first-order valence-corrected chi connectivity index (χ1v) is 26.1. The zero-order valence-electron chi connectivity index (χ0n) is 41.6. The molecule has 0 unspecified atom stereocenters. The molecule has 1 aromatic carbocycles. The van der Waals surface area contributed by atoms with Crippen molar-refractivity contribution < 1.29 is 50.4 Å². The molecular formula is C47H74F3N11O8S. The number of nitrogens with zero attached hydrogens (tertiary/aromatic N) is 5. The highest BCUT2D eigenvalue weighted by atomic mass is 32.2. The summed E-state index contributed by atoms with van der Waals surface area (Å²) >= 11 is 0. The van der Waals surface area contributed by atoms with E-state index in [2.05, 4.69) is 52.2 Å². The number of hydrogen-bond donors (Lipinski definition) is 6. The summed E-state index contributed by atoms with van der Waals surface area (Å²) in [5.41, 5.74) is 6.38. The standard InChI is InChI=1S/C47H74F3N11O8S/c1-31(2)28-36(23-27-70(7,68)69)55-44(66)39(30-33(5)6)57-45(67)38(29-32(3)4)56-41(63)18-11-9-13-24-52-40(62)17-10-8-14-25-54-43(65)37(58-61-51)16-12-15-26-53-42(64)34-19-21-35(22-20-34)46(59-60-46)47(48,49)50/h19-23,27,31-33,36-39H,8-18,24-26,28-30H2,1-7H3,(H,52,62)(H,53,64)(H,54,65)(H,55,66)(H,56,63)(H,57,67)/b27-23-/t36-,37+,38+,39+/m1/s1. The van der Waals surface area contributed by atoms with Gasteiger partial charge in [-0.15, -0.1) is 10.2 Å². The molecule has 1 heterocycles. The average Bonchev–Trinajstić information content (AvgIpc) is 4.09. The molecule has 0 fully saturated rings. The van der Waals surface area contributed by atoms with Crippen LogP contribution in [0, 0.1) is 17.8 Å². The highest BCUT2D eigenvalue weighted by molar-refractivity contribution is 7.93. The van der Waals surface area contributed by atoms with E-state index in [1.807, 2.05) is 41.5 Å². The van der Waals surface area contributed by atoms with Crippen molar-refractivity contribution in [2.45, 2.75) is 167 Å². The quantitative estimate of drug-likeness (QED) is 0.0181. The van der Waals surface area contributed by atoms with Crippen LogP contribution in [0.5, 0.6) is 0 Å². The minimum Gasteiger partial charge on any atom is -0.356 e. The van der Waals surface area contributed by atoms with Gasteiger partial charge >= 0.3 is 11.8 Å². The first kappa shape index (κ1) is 60.6. The van der Waals surface area contributed by atoms with Crippen molar-refractivity contribution in [2.24, 2.45) is 33.1 Å². The van der Waals surface area contributed by atoms with Gasteiger partial charge in [-0.05, 0) is 93.2 Å². The van der Waals surface area contributed by atoms with Crippen molar-refractivity contribution in [2.75, 3.05) is 25.9 Å². The van der Waals surface area contributed by atoms with Crippen molar-refractivity contribution in [3.05, 3.63) is 57.3 Å². The van der Waals surface area contributed by atoms with Gasteiger partial charge in [-0.1, -0.05) is 84.1 Å². The molecule has 0 saturated heterocycles. The minimum atomic E-state index is -4.67. The molecule has 0 radical (unpaired) electrons. The monoisotopic (exact) mass is 1010 g/mol. The summed E-state index contributed by atoms with van der Waals surface area (Å²) in [6, 6.07) is 1.57. The summed E-state index contributed by atoms with van der Waals surface area (Å²) in [6.07, 6.45) is 4.32. The summed E-state index contributed by atoms with van der Waals surface area (Å²) < 4.78 is 63.1. The number of alkyl halides is 3. The predicted octanol–water partition coefficient (Wildman–Crippen LogP) is 6.95. The number of sulfone groups is 1. The Balaban J connectivity index is 1.64. The summed E-state index contributed by atoms with van der Waals surface area (Å²) in [6.45, 7) is 12.6. The van der Waals surface area contributed by atoms with Gasteiger partial charge in [-0.2, -0.15) is 13.2 Å². The molecule has 70 heavy (non-hydrogen) atoms. The van der Waals surface area contributed by atoms with E-state index < -0.39 is 69.5 Å². The molecule has 4 atom stereocenters. The van der Waals surface area contributed by atoms with Crippen LogP contribution in [0.1, 0.15) is 147 Å². The van der Waals surface area contributed by atoms with Gasteiger partial charge in [-0.3, -0.25) is 28.8 Å². The Morgan fingerprint density at radius 1 is 0.686 bits per heavy atom. The molecular weight excluding hydrogens is 936 g/mol. The number of azide groups is 1. The van der Waals surface area contributed by atoms with Gasteiger partial charge in [0.25, 0.3) is 5.91 Å². The van der Waals surface area contributed by atoms with Crippen molar-refractivity contribution in [1.29, 1.82) is 0 Å². The Hall–Kier alpha value is -5.57. The molecule has 1 aliphatic rings. The lowest BCUT2D eigenvalue weighted by molar-refractivity contribution is -0.166. The average molecular weight is 1010 g/mol. The van der Waals surface area contributed by atoms with Crippen LogP contribution in [0.25, 0.3) is 10.4 Å². The summed E-state index contributed by atoms with van der Waals surface area (Å²) in [5.74, 6) is -2.00. The molecule has 0 aliphatic carbocycles.